The van der Waals surface area contributed by atoms with Gasteiger partial charge in [-0.05, 0) is 25.1 Å². The lowest BCUT2D eigenvalue weighted by atomic mass is 10.3. The van der Waals surface area contributed by atoms with E-state index in [2.05, 4.69) is 15.5 Å². The molecule has 0 atom stereocenters. The second-order valence-electron chi connectivity index (χ2n) is 5.45. The minimum absolute atomic E-state index is 0.0207. The Morgan fingerprint density at radius 2 is 2.08 bits per heavy atom. The minimum Gasteiger partial charge on any atom is -0.325 e. The van der Waals surface area contributed by atoms with Crippen LogP contribution in [0.15, 0.2) is 40.9 Å². The Labute approximate surface area is 157 Å². The number of nitrogens with zero attached hydrogens (tertiary/aromatic N) is 4. The number of aryl methyl sites for hydroxylation is 1. The average molecular weight is 389 g/mol. The molecule has 0 radical (unpaired) electrons. The highest BCUT2D eigenvalue weighted by Crippen LogP contribution is 2.26. The fraction of sp³-hybridized carbons (Fsp3) is 0.188. The fourth-order valence-electron chi connectivity index (χ4n) is 2.25. The first kappa shape index (κ1) is 18.1. The van der Waals surface area contributed by atoms with Crippen molar-refractivity contribution < 1.29 is 9.72 Å². The zero-order valence-corrected chi connectivity index (χ0v) is 15.6. The van der Waals surface area contributed by atoms with Gasteiger partial charge >= 0.3 is 0 Å². The number of non-ortho nitro benzene ring substituents is 1. The molecule has 0 saturated heterocycles. The van der Waals surface area contributed by atoms with Gasteiger partial charge in [-0.25, -0.2) is 0 Å². The summed E-state index contributed by atoms with van der Waals surface area (Å²) in [5.41, 5.74) is 1.49. The van der Waals surface area contributed by atoms with Gasteiger partial charge in [0.15, 0.2) is 11.0 Å². The molecule has 0 fully saturated rings. The third-order valence-corrected chi connectivity index (χ3v) is 5.40. The Morgan fingerprint density at radius 3 is 2.69 bits per heavy atom. The van der Waals surface area contributed by atoms with Gasteiger partial charge < -0.3 is 9.88 Å². The van der Waals surface area contributed by atoms with Crippen LogP contribution in [0.25, 0.3) is 11.4 Å². The van der Waals surface area contributed by atoms with Gasteiger partial charge in [-0.2, -0.15) is 0 Å². The topological polar surface area (TPSA) is 103 Å². The second-order valence-corrected chi connectivity index (χ2v) is 7.51. The third kappa shape index (κ3) is 4.09. The second kappa shape index (κ2) is 7.67. The first-order chi connectivity index (χ1) is 12.4. The standard InChI is InChI=1S/C16H15N5O3S2/c1-10-7-11(8-25-10)15-18-19-16(20(15)2)26-9-14(22)17-12-3-5-13(6-4-12)21(23)24/h3-8H,9H2,1-2H3,(H,17,22). The zero-order chi connectivity index (χ0) is 18.7. The molecule has 1 amide bonds. The van der Waals surface area contributed by atoms with E-state index in [0.29, 0.717) is 10.8 Å². The van der Waals surface area contributed by atoms with Crippen molar-refractivity contribution >= 4 is 40.4 Å². The normalized spacial score (nSPS) is 10.7. The number of rotatable bonds is 6. The van der Waals surface area contributed by atoms with Crippen molar-refractivity contribution in [2.24, 2.45) is 7.05 Å². The van der Waals surface area contributed by atoms with Crippen LogP contribution in [0.3, 0.4) is 0 Å². The van der Waals surface area contributed by atoms with Crippen LogP contribution in [0.4, 0.5) is 11.4 Å². The molecule has 0 aliphatic carbocycles. The maximum Gasteiger partial charge on any atom is 0.269 e. The molecule has 3 aromatic rings. The van der Waals surface area contributed by atoms with Gasteiger partial charge in [0.2, 0.25) is 5.91 Å². The molecule has 134 valence electrons. The quantitative estimate of drug-likeness (QED) is 0.393. The highest BCUT2D eigenvalue weighted by Gasteiger charge is 2.14. The predicted octanol–water partition coefficient (Wildman–Crippen LogP) is 3.49. The van der Waals surface area contributed by atoms with Crippen molar-refractivity contribution in [3.05, 3.63) is 50.7 Å². The highest BCUT2D eigenvalue weighted by molar-refractivity contribution is 7.99. The first-order valence-electron chi connectivity index (χ1n) is 7.56. The van der Waals surface area contributed by atoms with Crippen LogP contribution in [0.5, 0.6) is 0 Å². The molecule has 8 nitrogen and oxygen atoms in total. The number of nitrogens with one attached hydrogen (secondary N) is 1. The molecule has 2 aromatic heterocycles. The number of nitro groups is 1. The molecule has 0 unspecified atom stereocenters. The van der Waals surface area contributed by atoms with Gasteiger partial charge in [0.05, 0.1) is 10.7 Å². The maximum absolute atomic E-state index is 12.1. The number of carbonyl (C=O) groups excluding carboxylic acids is 1. The van der Waals surface area contributed by atoms with Gasteiger partial charge in [0.25, 0.3) is 5.69 Å². The Bertz CT molecular complexity index is 949. The number of thiophene rings is 1. The van der Waals surface area contributed by atoms with Crippen molar-refractivity contribution in [2.75, 3.05) is 11.1 Å². The summed E-state index contributed by atoms with van der Waals surface area (Å²) >= 11 is 2.92. The van der Waals surface area contributed by atoms with E-state index in [1.807, 2.05) is 30.0 Å². The summed E-state index contributed by atoms with van der Waals surface area (Å²) in [5.74, 6) is 0.693. The van der Waals surface area contributed by atoms with Crippen molar-refractivity contribution in [3.63, 3.8) is 0 Å². The summed E-state index contributed by atoms with van der Waals surface area (Å²) in [7, 11) is 1.86. The summed E-state index contributed by atoms with van der Waals surface area (Å²) in [5, 5.41) is 24.3. The number of benzene rings is 1. The van der Waals surface area contributed by atoms with Gasteiger partial charge in [0.1, 0.15) is 0 Å². The molecule has 0 aliphatic rings. The number of hydrogen-bond acceptors (Lipinski definition) is 7. The van der Waals surface area contributed by atoms with Gasteiger partial charge in [-0.1, -0.05) is 11.8 Å². The predicted molar refractivity (Wildman–Crippen MR) is 102 cm³/mol. The van der Waals surface area contributed by atoms with Gasteiger partial charge in [-0.3, -0.25) is 14.9 Å². The van der Waals surface area contributed by atoms with Crippen LogP contribution < -0.4 is 5.32 Å². The molecule has 0 bridgehead atoms. The van der Waals surface area contributed by atoms with Gasteiger partial charge in [-0.15, -0.1) is 21.5 Å². The number of thioether (sulfide) groups is 1. The molecule has 0 aliphatic heterocycles. The summed E-state index contributed by atoms with van der Waals surface area (Å²) in [6, 6.07) is 7.74. The number of hydrogen-bond donors (Lipinski definition) is 1. The van der Waals surface area contributed by atoms with Crippen molar-refractivity contribution in [1.29, 1.82) is 0 Å². The summed E-state index contributed by atoms with van der Waals surface area (Å²) in [4.78, 5) is 23.4. The van der Waals surface area contributed by atoms with Crippen molar-refractivity contribution in [2.45, 2.75) is 12.1 Å². The minimum atomic E-state index is -0.484. The number of carbonyl (C=O) groups is 1. The van der Waals surface area contributed by atoms with Crippen LogP contribution in [0, 0.1) is 17.0 Å². The Hall–Kier alpha value is -2.72. The van der Waals surface area contributed by atoms with E-state index >= 15 is 0 Å². The highest BCUT2D eigenvalue weighted by atomic mass is 32.2. The average Bonchev–Trinajstić information content (AvgIpc) is 3.19. The van der Waals surface area contributed by atoms with Crippen LogP contribution in [-0.2, 0) is 11.8 Å². The van der Waals surface area contributed by atoms with E-state index in [4.69, 9.17) is 0 Å². The summed E-state index contributed by atoms with van der Waals surface area (Å²) < 4.78 is 1.85. The van der Waals surface area contributed by atoms with Gasteiger partial charge in [0, 0.05) is 40.7 Å². The molecule has 1 aromatic carbocycles. The number of amides is 1. The molecular formula is C16H15N5O3S2. The van der Waals surface area contributed by atoms with E-state index in [9.17, 15) is 14.9 Å². The van der Waals surface area contributed by atoms with Crippen molar-refractivity contribution in [3.8, 4) is 11.4 Å². The van der Waals surface area contributed by atoms with Crippen LogP contribution in [-0.4, -0.2) is 31.3 Å². The molecule has 26 heavy (non-hydrogen) atoms. The monoisotopic (exact) mass is 389 g/mol. The number of anilines is 1. The van der Waals surface area contributed by atoms with E-state index in [0.717, 1.165) is 11.4 Å². The zero-order valence-electron chi connectivity index (χ0n) is 14.0. The lowest BCUT2D eigenvalue weighted by Crippen LogP contribution is -2.14. The summed E-state index contributed by atoms with van der Waals surface area (Å²) in [6.45, 7) is 2.03. The molecule has 1 N–H and O–H groups in total. The lowest BCUT2D eigenvalue weighted by molar-refractivity contribution is -0.384. The maximum atomic E-state index is 12.1. The molecule has 0 spiro atoms. The molecule has 2 heterocycles. The smallest absolute Gasteiger partial charge is 0.269 e. The summed E-state index contributed by atoms with van der Waals surface area (Å²) in [6.07, 6.45) is 0. The van der Waals surface area contributed by atoms with E-state index < -0.39 is 4.92 Å². The van der Waals surface area contributed by atoms with E-state index in [1.165, 1.54) is 40.9 Å². The number of aromatic nitrogens is 3. The number of nitro benzene ring substituents is 1. The van der Waals surface area contributed by atoms with Crippen molar-refractivity contribution in [1.82, 2.24) is 14.8 Å². The van der Waals surface area contributed by atoms with E-state index in [1.54, 1.807) is 11.3 Å². The third-order valence-electron chi connectivity index (χ3n) is 3.52. The first-order valence-corrected chi connectivity index (χ1v) is 9.42. The molecule has 0 saturated carbocycles. The Kier molecular flexibility index (Phi) is 5.33. The SMILES string of the molecule is Cc1cc(-c2nnc(SCC(=O)Nc3ccc([N+](=O)[O-])cc3)n2C)cs1. The Balaban J connectivity index is 1.59. The molecule has 3 rings (SSSR count). The lowest BCUT2D eigenvalue weighted by Gasteiger charge is -2.05. The van der Waals surface area contributed by atoms with Crippen LogP contribution >= 0.6 is 23.1 Å². The molecular weight excluding hydrogens is 374 g/mol. The Morgan fingerprint density at radius 1 is 1.35 bits per heavy atom. The van der Waals surface area contributed by atoms with Crippen LogP contribution in [0.2, 0.25) is 0 Å². The molecule has 10 heteroatoms. The van der Waals surface area contributed by atoms with E-state index in [-0.39, 0.29) is 17.3 Å². The fourth-order valence-corrected chi connectivity index (χ4v) is 3.64. The van der Waals surface area contributed by atoms with Crippen LogP contribution in [0.1, 0.15) is 4.88 Å². The largest absolute Gasteiger partial charge is 0.325 e.